The molecule has 0 spiro atoms. The number of nitrogens with zero attached hydrogens (tertiary/aromatic N) is 1. The predicted molar refractivity (Wildman–Crippen MR) is 112 cm³/mol. The van der Waals surface area contributed by atoms with E-state index < -0.39 is 0 Å². The van der Waals surface area contributed by atoms with Crippen LogP contribution in [0.3, 0.4) is 0 Å². The summed E-state index contributed by atoms with van der Waals surface area (Å²) in [4.78, 5) is 14.4. The van der Waals surface area contributed by atoms with Crippen molar-refractivity contribution in [1.82, 2.24) is 4.90 Å². The Hall–Kier alpha value is -3.05. The summed E-state index contributed by atoms with van der Waals surface area (Å²) in [5.74, 6) is 2.12. The van der Waals surface area contributed by atoms with Gasteiger partial charge in [0.2, 0.25) is 0 Å². The normalized spacial score (nSPS) is 11.8. The van der Waals surface area contributed by atoms with E-state index in [-0.39, 0.29) is 5.63 Å². The average Bonchev–Trinajstić information content (AvgIpc) is 3.35. The molecule has 0 radical (unpaired) electrons. The Labute approximate surface area is 169 Å². The molecule has 0 aliphatic heterocycles. The monoisotopic (exact) mass is 391 g/mol. The number of fused-ring (bicyclic) bond motifs is 1. The number of hydrogen-bond acceptors (Lipinski definition) is 5. The molecule has 0 N–H and O–H groups in total. The van der Waals surface area contributed by atoms with Crippen molar-refractivity contribution in [3.05, 3.63) is 93.6 Å². The van der Waals surface area contributed by atoms with Crippen LogP contribution in [0.5, 0.6) is 0 Å². The molecule has 0 aliphatic rings. The SMILES string of the molecule is Cc1cc2oc(=O)cc(CN(Cc3ccco3)Cc3ccco3)c2cc1C(C)C. The Morgan fingerprint density at radius 1 is 0.931 bits per heavy atom. The molecule has 5 heteroatoms. The standard InChI is InChI=1S/C24H25NO4/c1-16(2)21-12-22-18(11-24(26)29-23(22)10-17(21)3)13-25(14-19-6-4-8-27-19)15-20-7-5-9-28-20/h4-12,16H,13-15H2,1-3H3. The molecule has 0 fully saturated rings. The Balaban J connectivity index is 1.74. The molecule has 0 atom stereocenters. The van der Waals surface area contributed by atoms with Gasteiger partial charge in [0.15, 0.2) is 0 Å². The molecule has 3 aromatic heterocycles. The highest BCUT2D eigenvalue weighted by atomic mass is 16.4. The smallest absolute Gasteiger partial charge is 0.336 e. The molecule has 0 saturated heterocycles. The van der Waals surface area contributed by atoms with Crippen molar-refractivity contribution < 1.29 is 13.3 Å². The van der Waals surface area contributed by atoms with E-state index in [0.717, 1.165) is 28.0 Å². The average molecular weight is 391 g/mol. The van der Waals surface area contributed by atoms with Gasteiger partial charge in [0.05, 0.1) is 25.6 Å². The van der Waals surface area contributed by atoms with Crippen LogP contribution in [0, 0.1) is 6.92 Å². The van der Waals surface area contributed by atoms with Crippen molar-refractivity contribution in [2.24, 2.45) is 0 Å². The van der Waals surface area contributed by atoms with Gasteiger partial charge in [-0.15, -0.1) is 0 Å². The number of hydrogen-bond donors (Lipinski definition) is 0. The summed E-state index contributed by atoms with van der Waals surface area (Å²) in [6.07, 6.45) is 3.34. The molecular weight excluding hydrogens is 366 g/mol. The summed E-state index contributed by atoms with van der Waals surface area (Å²) in [5, 5.41) is 0.975. The zero-order chi connectivity index (χ0) is 20.4. The van der Waals surface area contributed by atoms with Gasteiger partial charge in [-0.3, -0.25) is 4.90 Å². The predicted octanol–water partition coefficient (Wildman–Crippen LogP) is 5.61. The van der Waals surface area contributed by atoms with Gasteiger partial charge in [-0.25, -0.2) is 4.79 Å². The fourth-order valence-electron chi connectivity index (χ4n) is 3.80. The van der Waals surface area contributed by atoms with Gasteiger partial charge in [-0.1, -0.05) is 13.8 Å². The van der Waals surface area contributed by atoms with Crippen molar-refractivity contribution >= 4 is 11.0 Å². The summed E-state index contributed by atoms with van der Waals surface area (Å²) in [6, 6.07) is 13.4. The first-order chi connectivity index (χ1) is 14.0. The van der Waals surface area contributed by atoms with E-state index in [9.17, 15) is 4.79 Å². The maximum absolute atomic E-state index is 12.2. The second kappa shape index (κ2) is 8.13. The third-order valence-electron chi connectivity index (χ3n) is 5.15. The van der Waals surface area contributed by atoms with Crippen LogP contribution in [0.4, 0.5) is 0 Å². The maximum atomic E-state index is 12.2. The largest absolute Gasteiger partial charge is 0.468 e. The van der Waals surface area contributed by atoms with Gasteiger partial charge >= 0.3 is 5.63 Å². The summed E-state index contributed by atoms with van der Waals surface area (Å²) < 4.78 is 16.6. The molecule has 3 heterocycles. The molecule has 0 bridgehead atoms. The lowest BCUT2D eigenvalue weighted by atomic mass is 9.95. The highest BCUT2D eigenvalue weighted by molar-refractivity contribution is 5.82. The highest BCUT2D eigenvalue weighted by Crippen LogP contribution is 2.28. The molecule has 4 rings (SSSR count). The van der Waals surface area contributed by atoms with Crippen LogP contribution in [-0.4, -0.2) is 4.90 Å². The topological polar surface area (TPSA) is 59.7 Å². The summed E-state index contributed by atoms with van der Waals surface area (Å²) in [7, 11) is 0. The number of aryl methyl sites for hydroxylation is 1. The molecular formula is C24H25NO4. The zero-order valence-corrected chi connectivity index (χ0v) is 17.0. The van der Waals surface area contributed by atoms with Gasteiger partial charge in [0.25, 0.3) is 0 Å². The van der Waals surface area contributed by atoms with E-state index in [4.69, 9.17) is 13.3 Å². The van der Waals surface area contributed by atoms with Crippen LogP contribution in [-0.2, 0) is 19.6 Å². The van der Waals surface area contributed by atoms with Gasteiger partial charge in [0, 0.05) is 18.0 Å². The van der Waals surface area contributed by atoms with E-state index in [1.165, 1.54) is 5.56 Å². The Kier molecular flexibility index (Phi) is 5.41. The molecule has 0 amide bonds. The van der Waals surface area contributed by atoms with E-state index in [0.29, 0.717) is 31.1 Å². The molecule has 5 nitrogen and oxygen atoms in total. The van der Waals surface area contributed by atoms with Crippen molar-refractivity contribution in [3.8, 4) is 0 Å². The Morgan fingerprint density at radius 2 is 1.59 bits per heavy atom. The lowest BCUT2D eigenvalue weighted by Crippen LogP contribution is -2.23. The first kappa shape index (κ1) is 19.3. The van der Waals surface area contributed by atoms with Gasteiger partial charge in [-0.2, -0.15) is 0 Å². The number of furan rings is 2. The third kappa shape index (κ3) is 4.35. The molecule has 4 aromatic rings. The maximum Gasteiger partial charge on any atom is 0.336 e. The molecule has 150 valence electrons. The van der Waals surface area contributed by atoms with Crippen LogP contribution < -0.4 is 5.63 Å². The second-order valence-electron chi connectivity index (χ2n) is 7.75. The first-order valence-corrected chi connectivity index (χ1v) is 9.84. The number of rotatable bonds is 7. The van der Waals surface area contributed by atoms with Gasteiger partial charge in [0.1, 0.15) is 17.1 Å². The zero-order valence-electron chi connectivity index (χ0n) is 17.0. The lowest BCUT2D eigenvalue weighted by Gasteiger charge is -2.21. The summed E-state index contributed by atoms with van der Waals surface area (Å²) in [5.41, 5.74) is 3.63. The van der Waals surface area contributed by atoms with E-state index in [1.54, 1.807) is 18.6 Å². The van der Waals surface area contributed by atoms with Crippen LogP contribution in [0.1, 0.15) is 48.0 Å². The van der Waals surface area contributed by atoms with Gasteiger partial charge < -0.3 is 13.3 Å². The van der Waals surface area contributed by atoms with E-state index in [2.05, 4.69) is 31.7 Å². The highest BCUT2D eigenvalue weighted by Gasteiger charge is 2.16. The second-order valence-corrected chi connectivity index (χ2v) is 7.75. The van der Waals surface area contributed by atoms with Crippen molar-refractivity contribution in [2.45, 2.75) is 46.3 Å². The molecule has 29 heavy (non-hydrogen) atoms. The number of benzene rings is 1. The van der Waals surface area contributed by atoms with Crippen LogP contribution in [0.25, 0.3) is 11.0 Å². The van der Waals surface area contributed by atoms with Crippen LogP contribution in [0.2, 0.25) is 0 Å². The lowest BCUT2D eigenvalue weighted by molar-refractivity contribution is 0.210. The Morgan fingerprint density at radius 3 is 2.14 bits per heavy atom. The van der Waals surface area contributed by atoms with Crippen molar-refractivity contribution in [1.29, 1.82) is 0 Å². The van der Waals surface area contributed by atoms with Gasteiger partial charge in [-0.05, 0) is 65.9 Å². The minimum Gasteiger partial charge on any atom is -0.468 e. The Bertz CT molecular complexity index is 1100. The van der Waals surface area contributed by atoms with Crippen LogP contribution >= 0.6 is 0 Å². The summed E-state index contributed by atoms with van der Waals surface area (Å²) >= 11 is 0. The van der Waals surface area contributed by atoms with Crippen LogP contribution in [0.15, 0.2) is 73.0 Å². The summed E-state index contributed by atoms with van der Waals surface area (Å²) in [6.45, 7) is 8.20. The quantitative estimate of drug-likeness (QED) is 0.383. The fraction of sp³-hybridized carbons (Fsp3) is 0.292. The molecule has 1 aromatic carbocycles. The first-order valence-electron chi connectivity index (χ1n) is 9.84. The molecule has 0 unspecified atom stereocenters. The van der Waals surface area contributed by atoms with Crippen molar-refractivity contribution in [2.75, 3.05) is 0 Å². The fourth-order valence-corrected chi connectivity index (χ4v) is 3.80. The third-order valence-corrected chi connectivity index (χ3v) is 5.15. The van der Waals surface area contributed by atoms with E-state index >= 15 is 0 Å². The van der Waals surface area contributed by atoms with Crippen molar-refractivity contribution in [3.63, 3.8) is 0 Å². The minimum atomic E-state index is -0.333. The molecule has 0 aliphatic carbocycles. The van der Waals surface area contributed by atoms with E-state index in [1.807, 2.05) is 30.3 Å². The molecule has 0 saturated carbocycles. The minimum absolute atomic E-state index is 0.333.